The maximum absolute atomic E-state index is 12.8. The van der Waals surface area contributed by atoms with Crippen molar-refractivity contribution in [2.45, 2.75) is 0 Å². The molecule has 0 atom stereocenters. The van der Waals surface area contributed by atoms with Gasteiger partial charge >= 0.3 is 17.9 Å². The molecule has 0 saturated heterocycles. The van der Waals surface area contributed by atoms with Crippen molar-refractivity contribution in [1.29, 1.82) is 0 Å². The first kappa shape index (κ1) is 29.7. The highest BCUT2D eigenvalue weighted by molar-refractivity contribution is 6.00. The van der Waals surface area contributed by atoms with E-state index in [0.717, 1.165) is 0 Å². The molecule has 0 heterocycles. The number of carbonyl (C=O) groups is 3. The van der Waals surface area contributed by atoms with E-state index in [4.69, 9.17) is 28.4 Å². The molecule has 4 rings (SSSR count). The minimum Gasteiger partial charge on any atom is -0.490 e. The van der Waals surface area contributed by atoms with Crippen LogP contribution in [0.3, 0.4) is 0 Å². The van der Waals surface area contributed by atoms with Crippen LogP contribution in [0.25, 0.3) is 0 Å². The maximum atomic E-state index is 12.8. The molecule has 0 amide bonds. The van der Waals surface area contributed by atoms with E-state index in [1.165, 1.54) is 18.2 Å². The molecule has 4 aromatic rings. The molecule has 0 aliphatic rings. The van der Waals surface area contributed by atoms with Gasteiger partial charge in [-0.25, -0.2) is 14.4 Å². The van der Waals surface area contributed by atoms with Crippen LogP contribution in [0, 0.1) is 0 Å². The summed E-state index contributed by atoms with van der Waals surface area (Å²) in [5.41, 5.74) is -0.0495. The molecule has 4 aromatic carbocycles. The highest BCUT2D eigenvalue weighted by Crippen LogP contribution is 2.16. The Morgan fingerprint density at radius 1 is 0.381 bits per heavy atom. The first-order chi connectivity index (χ1) is 20.6. The van der Waals surface area contributed by atoms with E-state index >= 15 is 0 Å². The fourth-order valence-electron chi connectivity index (χ4n) is 3.66. The molecule has 0 fully saturated rings. The van der Waals surface area contributed by atoms with Crippen molar-refractivity contribution in [1.82, 2.24) is 0 Å². The maximum Gasteiger partial charge on any atom is 0.338 e. The summed E-state index contributed by atoms with van der Waals surface area (Å²) in [6, 6.07) is 31.1. The Morgan fingerprint density at radius 2 is 0.643 bits per heavy atom. The lowest BCUT2D eigenvalue weighted by Gasteiger charge is -2.12. The van der Waals surface area contributed by atoms with Crippen LogP contribution in [0.4, 0.5) is 0 Å². The summed E-state index contributed by atoms with van der Waals surface area (Å²) in [7, 11) is 0. The van der Waals surface area contributed by atoms with Gasteiger partial charge in [-0.05, 0) is 54.6 Å². The van der Waals surface area contributed by atoms with Crippen LogP contribution in [-0.2, 0) is 14.2 Å². The zero-order valence-corrected chi connectivity index (χ0v) is 22.8. The summed E-state index contributed by atoms with van der Waals surface area (Å²) in [5, 5.41) is 0. The van der Waals surface area contributed by atoms with Crippen molar-refractivity contribution in [2.75, 3.05) is 39.6 Å². The van der Waals surface area contributed by atoms with Crippen molar-refractivity contribution < 1.29 is 42.8 Å². The second kappa shape index (κ2) is 16.1. The molecule has 42 heavy (non-hydrogen) atoms. The van der Waals surface area contributed by atoms with Gasteiger partial charge < -0.3 is 28.4 Å². The van der Waals surface area contributed by atoms with E-state index in [9.17, 15) is 14.4 Å². The number of rotatable bonds is 15. The van der Waals surface area contributed by atoms with E-state index in [0.29, 0.717) is 17.2 Å². The van der Waals surface area contributed by atoms with Gasteiger partial charge in [0.05, 0.1) is 16.7 Å². The van der Waals surface area contributed by atoms with E-state index in [1.807, 2.05) is 54.6 Å². The summed E-state index contributed by atoms with van der Waals surface area (Å²) in [6.07, 6.45) is 0. The largest absolute Gasteiger partial charge is 0.490 e. The number of para-hydroxylation sites is 3. The number of hydrogen-bond donors (Lipinski definition) is 0. The lowest BCUT2D eigenvalue weighted by Crippen LogP contribution is -2.17. The first-order valence-electron chi connectivity index (χ1n) is 13.3. The standard InChI is InChI=1S/C33H30O9/c34-31(40-19-16-37-28-10-4-1-5-11-28)25-22-26(32(35)41-20-17-38-29-12-6-2-7-13-29)24-27(23-25)33(36)42-21-18-39-30-14-8-3-9-15-30/h1-15,22-24H,16-21H2. The van der Waals surface area contributed by atoms with Gasteiger partial charge in [0.25, 0.3) is 0 Å². The smallest absolute Gasteiger partial charge is 0.338 e. The van der Waals surface area contributed by atoms with Crippen molar-refractivity contribution in [3.63, 3.8) is 0 Å². The first-order valence-corrected chi connectivity index (χ1v) is 13.3. The molecular weight excluding hydrogens is 540 g/mol. The summed E-state index contributed by atoms with van der Waals surface area (Å²) >= 11 is 0. The third-order valence-corrected chi connectivity index (χ3v) is 5.63. The summed E-state index contributed by atoms with van der Waals surface area (Å²) < 4.78 is 32.5. The zero-order valence-electron chi connectivity index (χ0n) is 22.8. The van der Waals surface area contributed by atoms with Gasteiger partial charge in [0, 0.05) is 0 Å². The van der Waals surface area contributed by atoms with Crippen molar-refractivity contribution in [3.05, 3.63) is 126 Å². The van der Waals surface area contributed by atoms with E-state index in [1.54, 1.807) is 36.4 Å². The SMILES string of the molecule is O=C(OCCOc1ccccc1)c1cc(C(=O)OCCOc2ccccc2)cc(C(=O)OCCOc2ccccc2)c1. The molecule has 216 valence electrons. The molecule has 0 saturated carbocycles. The number of carbonyl (C=O) groups excluding carboxylic acids is 3. The van der Waals surface area contributed by atoms with Crippen LogP contribution in [-0.4, -0.2) is 57.5 Å². The molecule has 9 heteroatoms. The fraction of sp³-hybridized carbons (Fsp3) is 0.182. The lowest BCUT2D eigenvalue weighted by atomic mass is 10.1. The van der Waals surface area contributed by atoms with Crippen LogP contribution >= 0.6 is 0 Å². The molecule has 0 aliphatic carbocycles. The lowest BCUT2D eigenvalue weighted by molar-refractivity contribution is 0.0444. The van der Waals surface area contributed by atoms with Gasteiger partial charge in [-0.2, -0.15) is 0 Å². The summed E-state index contributed by atoms with van der Waals surface area (Å²) in [5.74, 6) is -0.317. The quantitative estimate of drug-likeness (QED) is 0.106. The average Bonchev–Trinajstić information content (AvgIpc) is 3.04. The Morgan fingerprint density at radius 3 is 0.905 bits per heavy atom. The second-order valence-electron chi connectivity index (χ2n) is 8.69. The molecule has 0 aliphatic heterocycles. The molecule has 0 unspecified atom stereocenters. The van der Waals surface area contributed by atoms with Crippen molar-refractivity contribution in [3.8, 4) is 17.2 Å². The van der Waals surface area contributed by atoms with Gasteiger partial charge in [0.2, 0.25) is 0 Å². The van der Waals surface area contributed by atoms with Crippen LogP contribution in [0.2, 0.25) is 0 Å². The minimum absolute atomic E-state index is 0.0165. The fourth-order valence-corrected chi connectivity index (χ4v) is 3.66. The topological polar surface area (TPSA) is 107 Å². The van der Waals surface area contributed by atoms with E-state index in [-0.39, 0.29) is 56.3 Å². The Hall–Kier alpha value is -5.31. The van der Waals surface area contributed by atoms with E-state index in [2.05, 4.69) is 0 Å². The molecule has 0 aromatic heterocycles. The Kier molecular flexibility index (Phi) is 11.4. The molecule has 9 nitrogen and oxygen atoms in total. The van der Waals surface area contributed by atoms with Gasteiger partial charge in [-0.1, -0.05) is 54.6 Å². The van der Waals surface area contributed by atoms with Crippen molar-refractivity contribution >= 4 is 17.9 Å². The molecule has 0 bridgehead atoms. The van der Waals surface area contributed by atoms with Gasteiger partial charge in [0.15, 0.2) is 0 Å². The van der Waals surface area contributed by atoms with Gasteiger partial charge in [0.1, 0.15) is 56.9 Å². The summed E-state index contributed by atoms with van der Waals surface area (Å²) in [4.78, 5) is 38.5. The number of benzene rings is 4. The van der Waals surface area contributed by atoms with E-state index < -0.39 is 17.9 Å². The van der Waals surface area contributed by atoms with Crippen LogP contribution < -0.4 is 14.2 Å². The third-order valence-electron chi connectivity index (χ3n) is 5.63. The number of hydrogen-bond acceptors (Lipinski definition) is 9. The number of esters is 3. The van der Waals surface area contributed by atoms with Crippen LogP contribution in [0.5, 0.6) is 17.2 Å². The molecule has 0 spiro atoms. The minimum atomic E-state index is -0.741. The molecule has 0 radical (unpaired) electrons. The Labute approximate surface area is 243 Å². The highest BCUT2D eigenvalue weighted by atomic mass is 16.6. The molecule has 0 N–H and O–H groups in total. The van der Waals surface area contributed by atoms with Gasteiger partial charge in [-0.15, -0.1) is 0 Å². The average molecular weight is 571 g/mol. The molecular formula is C33H30O9. The predicted octanol–water partition coefficient (Wildman–Crippen LogP) is 5.39. The normalized spacial score (nSPS) is 10.3. The van der Waals surface area contributed by atoms with Crippen molar-refractivity contribution in [2.24, 2.45) is 0 Å². The predicted molar refractivity (Wildman–Crippen MR) is 153 cm³/mol. The second-order valence-corrected chi connectivity index (χ2v) is 8.69. The summed E-state index contributed by atoms with van der Waals surface area (Å²) in [6.45, 7) is 0.223. The number of ether oxygens (including phenoxy) is 6. The third kappa shape index (κ3) is 9.71. The van der Waals surface area contributed by atoms with Gasteiger partial charge in [-0.3, -0.25) is 0 Å². The monoisotopic (exact) mass is 570 g/mol. The van der Waals surface area contributed by atoms with Crippen LogP contribution in [0.15, 0.2) is 109 Å². The zero-order chi connectivity index (χ0) is 29.4. The van der Waals surface area contributed by atoms with Crippen LogP contribution in [0.1, 0.15) is 31.1 Å². The highest BCUT2D eigenvalue weighted by Gasteiger charge is 2.19. The Bertz CT molecular complexity index is 1240. The Balaban J connectivity index is 1.36.